The molecule has 0 atom stereocenters. The molecule has 0 fully saturated rings. The zero-order chi connectivity index (χ0) is 24.3. The van der Waals surface area contributed by atoms with Gasteiger partial charge in [-0.1, -0.05) is 60.7 Å². The second-order valence-corrected chi connectivity index (χ2v) is 8.79. The van der Waals surface area contributed by atoms with Crippen LogP contribution in [0.1, 0.15) is 18.1 Å². The maximum atomic E-state index is 13.1. The first kappa shape index (κ1) is 28.1. The fourth-order valence-electron chi connectivity index (χ4n) is 2.62. The Morgan fingerprint density at radius 2 is 1.12 bits per heavy atom. The Hall–Kier alpha value is -2.10. The van der Waals surface area contributed by atoms with Crippen molar-refractivity contribution in [2.75, 3.05) is 52.8 Å². The first-order valence-electron chi connectivity index (χ1n) is 11.2. The first-order chi connectivity index (χ1) is 16.6. The summed E-state index contributed by atoms with van der Waals surface area (Å²) >= 11 is 0. The van der Waals surface area contributed by atoms with Crippen LogP contribution in [0.2, 0.25) is 0 Å². The average Bonchev–Trinajstić information content (AvgIpc) is 2.85. The third-order valence-corrected chi connectivity index (χ3v) is 5.70. The van der Waals surface area contributed by atoms with Crippen molar-refractivity contribution in [1.82, 2.24) is 5.32 Å². The van der Waals surface area contributed by atoms with Gasteiger partial charge >= 0.3 is 7.82 Å². The van der Waals surface area contributed by atoms with Crippen molar-refractivity contribution in [1.29, 1.82) is 0 Å². The van der Waals surface area contributed by atoms with Crippen LogP contribution in [0.5, 0.6) is 0 Å². The summed E-state index contributed by atoms with van der Waals surface area (Å²) in [4.78, 5) is 10.7. The lowest BCUT2D eigenvalue weighted by molar-refractivity contribution is -0.119. The van der Waals surface area contributed by atoms with Gasteiger partial charge in [-0.15, -0.1) is 0 Å². The molecule has 1 amide bonds. The number of phosphoric ester groups is 1. The lowest BCUT2D eigenvalue weighted by Crippen LogP contribution is -2.25. The third kappa shape index (κ3) is 13.6. The van der Waals surface area contributed by atoms with E-state index in [1.54, 1.807) is 0 Å². The van der Waals surface area contributed by atoms with E-state index in [1.165, 1.54) is 6.92 Å². The zero-order valence-corrected chi connectivity index (χ0v) is 20.5. The topological polar surface area (TPSA) is 102 Å². The maximum Gasteiger partial charge on any atom is 0.475 e. The van der Waals surface area contributed by atoms with Gasteiger partial charge in [0, 0.05) is 13.5 Å². The molecule has 2 aromatic carbocycles. The SMILES string of the molecule is CC(=O)NCCOCCOCCOCCOP(=O)(OCc1ccccc1)OCc1ccccc1. The molecule has 2 aromatic rings. The molecule has 0 spiro atoms. The van der Waals surface area contributed by atoms with E-state index < -0.39 is 7.82 Å². The standard InChI is InChI=1S/C24H34NO8P/c1-22(26)25-12-13-28-14-15-29-16-17-30-18-19-31-34(27,32-20-23-8-4-2-5-9-23)33-21-24-10-6-3-7-11-24/h2-11H,12-21H2,1H3,(H,25,26). The number of phosphoric acid groups is 1. The quantitative estimate of drug-likeness (QED) is 0.232. The van der Waals surface area contributed by atoms with Crippen LogP contribution in [-0.4, -0.2) is 58.7 Å². The van der Waals surface area contributed by atoms with E-state index in [2.05, 4.69) is 5.32 Å². The largest absolute Gasteiger partial charge is 0.475 e. The number of ether oxygens (including phenoxy) is 3. The minimum absolute atomic E-state index is 0.0487. The van der Waals surface area contributed by atoms with Crippen molar-refractivity contribution < 1.29 is 37.1 Å². The summed E-state index contributed by atoms with van der Waals surface area (Å²) in [5.41, 5.74) is 1.73. The summed E-state index contributed by atoms with van der Waals surface area (Å²) < 4.78 is 45.8. The highest BCUT2D eigenvalue weighted by Crippen LogP contribution is 2.50. The number of benzene rings is 2. The van der Waals surface area contributed by atoms with E-state index in [4.69, 9.17) is 27.8 Å². The Labute approximate surface area is 201 Å². The zero-order valence-electron chi connectivity index (χ0n) is 19.6. The Morgan fingerprint density at radius 3 is 1.59 bits per heavy atom. The smallest absolute Gasteiger partial charge is 0.377 e. The Morgan fingerprint density at radius 1 is 0.676 bits per heavy atom. The van der Waals surface area contributed by atoms with Gasteiger partial charge in [0.15, 0.2) is 0 Å². The van der Waals surface area contributed by atoms with Crippen molar-refractivity contribution >= 4 is 13.7 Å². The summed E-state index contributed by atoms with van der Waals surface area (Å²) in [6, 6.07) is 18.8. The Kier molecular flexibility index (Phi) is 14.4. The molecule has 0 aliphatic heterocycles. The van der Waals surface area contributed by atoms with Gasteiger partial charge in [-0.2, -0.15) is 0 Å². The molecule has 0 aliphatic rings. The third-order valence-electron chi connectivity index (χ3n) is 4.31. The van der Waals surface area contributed by atoms with Gasteiger partial charge in [-0.3, -0.25) is 18.4 Å². The number of hydrogen-bond acceptors (Lipinski definition) is 8. The highest BCUT2D eigenvalue weighted by molar-refractivity contribution is 7.48. The van der Waals surface area contributed by atoms with E-state index in [1.807, 2.05) is 60.7 Å². The fraction of sp³-hybridized carbons (Fsp3) is 0.458. The second-order valence-electron chi connectivity index (χ2n) is 7.12. The summed E-state index contributed by atoms with van der Waals surface area (Å²) in [6.07, 6.45) is 0. The molecule has 0 bridgehead atoms. The molecular formula is C24H34NO8P. The summed E-state index contributed by atoms with van der Waals surface area (Å²) in [7, 11) is -3.79. The normalized spacial score (nSPS) is 11.4. The molecule has 0 unspecified atom stereocenters. The number of rotatable bonds is 19. The molecule has 10 heteroatoms. The Balaban J connectivity index is 1.61. The molecule has 188 valence electrons. The first-order valence-corrected chi connectivity index (χ1v) is 12.6. The van der Waals surface area contributed by atoms with Crippen molar-refractivity contribution in [3.8, 4) is 0 Å². The second kappa shape index (κ2) is 17.4. The molecule has 0 saturated heterocycles. The van der Waals surface area contributed by atoms with E-state index in [-0.39, 0.29) is 32.3 Å². The van der Waals surface area contributed by atoms with Crippen LogP contribution in [0.4, 0.5) is 0 Å². The van der Waals surface area contributed by atoms with Crippen LogP contribution in [-0.2, 0) is 50.4 Å². The minimum Gasteiger partial charge on any atom is -0.377 e. The molecule has 9 nitrogen and oxygen atoms in total. The van der Waals surface area contributed by atoms with Crippen LogP contribution in [0.15, 0.2) is 60.7 Å². The maximum absolute atomic E-state index is 13.1. The van der Waals surface area contributed by atoms with Gasteiger partial charge in [0.05, 0.1) is 59.5 Å². The lowest BCUT2D eigenvalue weighted by Gasteiger charge is -2.18. The van der Waals surface area contributed by atoms with Gasteiger partial charge in [0.25, 0.3) is 0 Å². The molecule has 34 heavy (non-hydrogen) atoms. The average molecular weight is 496 g/mol. The van der Waals surface area contributed by atoms with Crippen molar-refractivity contribution in [2.45, 2.75) is 20.1 Å². The summed E-state index contributed by atoms with van der Waals surface area (Å²) in [6.45, 7) is 4.46. The van der Waals surface area contributed by atoms with Gasteiger partial charge < -0.3 is 19.5 Å². The number of carbonyl (C=O) groups excluding carboxylic acids is 1. The molecule has 0 heterocycles. The minimum atomic E-state index is -3.79. The number of carbonyl (C=O) groups is 1. The highest BCUT2D eigenvalue weighted by atomic mass is 31.2. The molecule has 0 saturated carbocycles. The summed E-state index contributed by atoms with van der Waals surface area (Å²) in [5.74, 6) is -0.0807. The summed E-state index contributed by atoms with van der Waals surface area (Å²) in [5, 5.41) is 2.64. The monoisotopic (exact) mass is 495 g/mol. The van der Waals surface area contributed by atoms with E-state index in [0.717, 1.165) is 11.1 Å². The van der Waals surface area contributed by atoms with E-state index in [9.17, 15) is 9.36 Å². The van der Waals surface area contributed by atoms with Gasteiger partial charge in [-0.05, 0) is 11.1 Å². The highest BCUT2D eigenvalue weighted by Gasteiger charge is 2.27. The van der Waals surface area contributed by atoms with Crippen molar-refractivity contribution in [2.24, 2.45) is 0 Å². The van der Waals surface area contributed by atoms with Crippen LogP contribution >= 0.6 is 7.82 Å². The molecular weight excluding hydrogens is 461 g/mol. The van der Waals surface area contributed by atoms with Crippen molar-refractivity contribution in [3.63, 3.8) is 0 Å². The predicted octanol–water partition coefficient (Wildman–Crippen LogP) is 3.73. The molecule has 0 aliphatic carbocycles. The van der Waals surface area contributed by atoms with Gasteiger partial charge in [0.1, 0.15) is 0 Å². The fourth-order valence-corrected chi connectivity index (χ4v) is 3.75. The predicted molar refractivity (Wildman–Crippen MR) is 127 cm³/mol. The number of nitrogens with one attached hydrogen (secondary N) is 1. The van der Waals surface area contributed by atoms with Gasteiger partial charge in [0.2, 0.25) is 5.91 Å². The lowest BCUT2D eigenvalue weighted by atomic mass is 10.2. The van der Waals surface area contributed by atoms with Gasteiger partial charge in [-0.25, -0.2) is 4.57 Å². The van der Waals surface area contributed by atoms with Crippen LogP contribution in [0.25, 0.3) is 0 Å². The number of amides is 1. The van der Waals surface area contributed by atoms with E-state index in [0.29, 0.717) is 39.6 Å². The van der Waals surface area contributed by atoms with Crippen LogP contribution in [0.3, 0.4) is 0 Å². The van der Waals surface area contributed by atoms with Crippen LogP contribution < -0.4 is 5.32 Å². The molecule has 1 N–H and O–H groups in total. The molecule has 0 radical (unpaired) electrons. The molecule has 0 aromatic heterocycles. The number of hydrogen-bond donors (Lipinski definition) is 1. The Bertz CT molecular complexity index is 790. The van der Waals surface area contributed by atoms with E-state index >= 15 is 0 Å². The van der Waals surface area contributed by atoms with Crippen molar-refractivity contribution in [3.05, 3.63) is 71.8 Å². The molecule has 2 rings (SSSR count). The van der Waals surface area contributed by atoms with Crippen LogP contribution in [0, 0.1) is 0 Å².